The third kappa shape index (κ3) is 3.23. The molecule has 1 aliphatic rings. The second kappa shape index (κ2) is 5.85. The predicted molar refractivity (Wildman–Crippen MR) is 72.0 cm³/mol. The minimum Gasteiger partial charge on any atom is -0.383 e. The lowest BCUT2D eigenvalue weighted by atomic mass is 10.0. The molecule has 2 heterocycles. The van der Waals surface area contributed by atoms with Crippen LogP contribution >= 0.6 is 0 Å². The van der Waals surface area contributed by atoms with Crippen molar-refractivity contribution in [1.82, 2.24) is 9.29 Å². The monoisotopic (exact) mass is 285 g/mol. The summed E-state index contributed by atoms with van der Waals surface area (Å²) in [7, 11) is -2.01. The topological polar surface area (TPSA) is 85.5 Å². The van der Waals surface area contributed by atoms with Crippen LogP contribution in [0, 0.1) is 5.92 Å². The molecule has 0 aromatic carbocycles. The third-order valence-corrected chi connectivity index (χ3v) is 5.13. The average molecular weight is 285 g/mol. The molecule has 6 nitrogen and oxygen atoms in total. The zero-order valence-corrected chi connectivity index (χ0v) is 11.8. The Balaban J connectivity index is 2.13. The molecule has 1 saturated heterocycles. The Bertz CT molecular complexity index is 527. The first-order valence-electron chi connectivity index (χ1n) is 6.26. The summed E-state index contributed by atoms with van der Waals surface area (Å²) in [6.07, 6.45) is 3.44. The summed E-state index contributed by atoms with van der Waals surface area (Å²) in [5, 5.41) is 0. The maximum atomic E-state index is 12.4. The van der Waals surface area contributed by atoms with Gasteiger partial charge in [-0.2, -0.15) is 0 Å². The lowest BCUT2D eigenvalue weighted by molar-refractivity contribution is 0.0495. The number of hydrogen-bond acceptors (Lipinski definition) is 5. The van der Waals surface area contributed by atoms with Crippen molar-refractivity contribution >= 4 is 15.8 Å². The lowest BCUT2D eigenvalue weighted by Crippen LogP contribution is -2.35. The average Bonchev–Trinajstić information content (AvgIpc) is 2.40. The van der Waals surface area contributed by atoms with Crippen molar-refractivity contribution in [2.75, 3.05) is 32.5 Å². The van der Waals surface area contributed by atoms with E-state index in [1.807, 2.05) is 0 Å². The first kappa shape index (κ1) is 14.2. The number of anilines is 1. The van der Waals surface area contributed by atoms with E-state index in [0.717, 1.165) is 19.4 Å². The fourth-order valence-corrected chi connectivity index (χ4v) is 3.51. The van der Waals surface area contributed by atoms with Crippen LogP contribution in [-0.2, 0) is 14.8 Å². The van der Waals surface area contributed by atoms with Crippen LogP contribution in [0.15, 0.2) is 23.2 Å². The van der Waals surface area contributed by atoms with Gasteiger partial charge in [0.2, 0.25) is 10.0 Å². The Morgan fingerprint density at radius 2 is 2.37 bits per heavy atom. The Hall–Kier alpha value is -1.18. The van der Waals surface area contributed by atoms with Crippen LogP contribution in [0.5, 0.6) is 0 Å². The summed E-state index contributed by atoms with van der Waals surface area (Å²) in [5.74, 6) is 0.278. The van der Waals surface area contributed by atoms with Gasteiger partial charge in [-0.25, -0.2) is 17.7 Å². The molecule has 1 fully saturated rings. The van der Waals surface area contributed by atoms with E-state index in [-0.39, 0.29) is 16.6 Å². The van der Waals surface area contributed by atoms with Crippen LogP contribution in [-0.4, -0.2) is 44.5 Å². The standard InChI is InChI=1S/C12H19N3O3S/c1-15(8-10-4-3-7-18-9-10)19(16,17)11-5-2-6-14-12(11)13/h2,5-6,10H,3-4,7-9H2,1H3,(H2,13,14). The molecule has 19 heavy (non-hydrogen) atoms. The van der Waals surface area contributed by atoms with Crippen molar-refractivity contribution in [3.63, 3.8) is 0 Å². The lowest BCUT2D eigenvalue weighted by Gasteiger charge is -2.26. The van der Waals surface area contributed by atoms with Crippen molar-refractivity contribution in [1.29, 1.82) is 0 Å². The Morgan fingerprint density at radius 1 is 1.58 bits per heavy atom. The maximum Gasteiger partial charge on any atom is 0.246 e. The van der Waals surface area contributed by atoms with E-state index in [9.17, 15) is 8.42 Å². The van der Waals surface area contributed by atoms with Crippen molar-refractivity contribution in [2.24, 2.45) is 5.92 Å². The highest BCUT2D eigenvalue weighted by Gasteiger charge is 2.26. The summed E-state index contributed by atoms with van der Waals surface area (Å²) in [5.41, 5.74) is 5.64. The van der Waals surface area contributed by atoms with Crippen LogP contribution < -0.4 is 5.73 Å². The van der Waals surface area contributed by atoms with Gasteiger partial charge < -0.3 is 10.5 Å². The van der Waals surface area contributed by atoms with E-state index in [4.69, 9.17) is 10.5 Å². The highest BCUT2D eigenvalue weighted by atomic mass is 32.2. The molecule has 2 N–H and O–H groups in total. The molecule has 0 amide bonds. The predicted octanol–water partition coefficient (Wildman–Crippen LogP) is 0.711. The van der Waals surface area contributed by atoms with E-state index in [0.29, 0.717) is 13.2 Å². The Morgan fingerprint density at radius 3 is 3.00 bits per heavy atom. The molecule has 7 heteroatoms. The zero-order valence-electron chi connectivity index (χ0n) is 10.9. The summed E-state index contributed by atoms with van der Waals surface area (Å²) >= 11 is 0. The van der Waals surface area contributed by atoms with Gasteiger partial charge in [0.15, 0.2) is 0 Å². The van der Waals surface area contributed by atoms with Gasteiger partial charge in [0, 0.05) is 26.4 Å². The van der Waals surface area contributed by atoms with Crippen LogP contribution in [0.1, 0.15) is 12.8 Å². The molecule has 106 valence electrons. The quantitative estimate of drug-likeness (QED) is 0.880. The summed E-state index contributed by atoms with van der Waals surface area (Å²) in [4.78, 5) is 3.89. The number of rotatable bonds is 4. The second-order valence-electron chi connectivity index (χ2n) is 4.76. The molecule has 1 aliphatic heterocycles. The zero-order chi connectivity index (χ0) is 13.9. The molecule has 1 unspecified atom stereocenters. The smallest absolute Gasteiger partial charge is 0.246 e. The molecule has 1 aromatic heterocycles. The Labute approximate surface area is 113 Å². The van der Waals surface area contributed by atoms with Gasteiger partial charge in [-0.3, -0.25) is 0 Å². The number of nitrogens with two attached hydrogens (primary N) is 1. The van der Waals surface area contributed by atoms with E-state index >= 15 is 0 Å². The van der Waals surface area contributed by atoms with Crippen molar-refractivity contribution in [3.05, 3.63) is 18.3 Å². The molecular weight excluding hydrogens is 266 g/mol. The number of ether oxygens (including phenoxy) is 1. The summed E-state index contributed by atoms with van der Waals surface area (Å²) in [6.45, 7) is 1.82. The first-order chi connectivity index (χ1) is 9.01. The number of nitrogen functional groups attached to an aromatic ring is 1. The fourth-order valence-electron chi connectivity index (χ4n) is 2.20. The molecule has 0 radical (unpaired) electrons. The van der Waals surface area contributed by atoms with Gasteiger partial charge in [0.05, 0.1) is 6.61 Å². The van der Waals surface area contributed by atoms with Gasteiger partial charge in [-0.15, -0.1) is 0 Å². The molecule has 0 spiro atoms. The van der Waals surface area contributed by atoms with Crippen LogP contribution in [0.25, 0.3) is 0 Å². The van der Waals surface area contributed by atoms with Crippen molar-refractivity contribution < 1.29 is 13.2 Å². The van der Waals surface area contributed by atoms with Crippen LogP contribution in [0.2, 0.25) is 0 Å². The molecule has 0 aliphatic carbocycles. The first-order valence-corrected chi connectivity index (χ1v) is 7.70. The molecule has 2 rings (SSSR count). The van der Waals surface area contributed by atoms with Crippen LogP contribution in [0.4, 0.5) is 5.82 Å². The minimum atomic E-state index is -3.58. The molecular formula is C12H19N3O3S. The Kier molecular flexibility index (Phi) is 4.38. The highest BCUT2D eigenvalue weighted by Crippen LogP contribution is 2.22. The van der Waals surface area contributed by atoms with Gasteiger partial charge in [0.25, 0.3) is 0 Å². The van der Waals surface area contributed by atoms with Crippen molar-refractivity contribution in [2.45, 2.75) is 17.7 Å². The summed E-state index contributed by atoms with van der Waals surface area (Å²) in [6, 6.07) is 3.05. The third-order valence-electron chi connectivity index (χ3n) is 3.26. The summed E-state index contributed by atoms with van der Waals surface area (Å²) < 4.78 is 31.5. The fraction of sp³-hybridized carbons (Fsp3) is 0.583. The number of pyridine rings is 1. The van der Waals surface area contributed by atoms with Crippen LogP contribution in [0.3, 0.4) is 0 Å². The SMILES string of the molecule is CN(CC1CCCOC1)S(=O)(=O)c1cccnc1N. The van der Waals surface area contributed by atoms with Gasteiger partial charge in [0.1, 0.15) is 10.7 Å². The van der Waals surface area contributed by atoms with E-state index in [1.165, 1.54) is 16.6 Å². The van der Waals surface area contributed by atoms with Gasteiger partial charge in [-0.05, 0) is 30.9 Å². The normalized spacial score (nSPS) is 20.6. The van der Waals surface area contributed by atoms with E-state index in [2.05, 4.69) is 4.98 Å². The van der Waals surface area contributed by atoms with E-state index < -0.39 is 10.0 Å². The van der Waals surface area contributed by atoms with E-state index in [1.54, 1.807) is 13.1 Å². The van der Waals surface area contributed by atoms with Gasteiger partial charge in [-0.1, -0.05) is 0 Å². The minimum absolute atomic E-state index is 0.0363. The number of aromatic nitrogens is 1. The molecule has 1 atom stereocenters. The largest absolute Gasteiger partial charge is 0.383 e. The molecule has 0 bridgehead atoms. The number of hydrogen-bond donors (Lipinski definition) is 1. The van der Waals surface area contributed by atoms with Gasteiger partial charge >= 0.3 is 0 Å². The second-order valence-corrected chi connectivity index (χ2v) is 6.77. The number of sulfonamides is 1. The highest BCUT2D eigenvalue weighted by molar-refractivity contribution is 7.89. The van der Waals surface area contributed by atoms with Crippen molar-refractivity contribution in [3.8, 4) is 0 Å². The maximum absolute atomic E-state index is 12.4. The molecule has 0 saturated carbocycles. The number of nitrogens with zero attached hydrogens (tertiary/aromatic N) is 2. The molecule has 1 aromatic rings.